The summed E-state index contributed by atoms with van der Waals surface area (Å²) in [6.07, 6.45) is -6.33. The summed E-state index contributed by atoms with van der Waals surface area (Å²) < 4.78 is 63.9. The Labute approximate surface area is 157 Å². The number of aryl methyl sites for hydroxylation is 1. The second-order valence-electron chi connectivity index (χ2n) is 5.97. The number of esters is 1. The quantitative estimate of drug-likeness (QED) is 0.504. The van der Waals surface area contributed by atoms with E-state index in [1.54, 1.807) is 13.0 Å². The number of ether oxygens (including phenoxy) is 2. The summed E-state index contributed by atoms with van der Waals surface area (Å²) in [6, 6.07) is 6.98. The van der Waals surface area contributed by atoms with Gasteiger partial charge in [-0.2, -0.15) is 13.2 Å². The monoisotopic (exact) mass is 400 g/mol. The molecule has 2 aromatic rings. The molecule has 0 saturated carbocycles. The van der Waals surface area contributed by atoms with Crippen LogP contribution in [0.15, 0.2) is 35.9 Å². The van der Waals surface area contributed by atoms with Gasteiger partial charge in [0.15, 0.2) is 0 Å². The maximum absolute atomic E-state index is 14.0. The van der Waals surface area contributed by atoms with E-state index in [0.29, 0.717) is 11.1 Å². The Hall–Kier alpha value is -2.54. The first-order valence-electron chi connectivity index (χ1n) is 7.75. The van der Waals surface area contributed by atoms with Crippen LogP contribution in [0, 0.1) is 12.7 Å². The lowest BCUT2D eigenvalue weighted by Crippen LogP contribution is -2.40. The van der Waals surface area contributed by atoms with E-state index in [1.807, 2.05) is 0 Å². The average Bonchev–Trinajstić information content (AvgIpc) is 2.60. The lowest BCUT2D eigenvalue weighted by atomic mass is 9.95. The van der Waals surface area contributed by atoms with Gasteiger partial charge in [0.05, 0.1) is 12.7 Å². The second-order valence-corrected chi connectivity index (χ2v) is 6.40. The highest BCUT2D eigenvalue weighted by molar-refractivity contribution is 6.31. The van der Waals surface area contributed by atoms with Crippen molar-refractivity contribution in [1.29, 1.82) is 0 Å². The van der Waals surface area contributed by atoms with E-state index in [2.05, 4.69) is 4.74 Å². The molecule has 0 radical (unpaired) electrons. The molecule has 1 aliphatic rings. The van der Waals surface area contributed by atoms with Crippen molar-refractivity contribution < 1.29 is 31.8 Å². The van der Waals surface area contributed by atoms with Gasteiger partial charge in [-0.05, 0) is 42.3 Å². The first-order chi connectivity index (χ1) is 12.6. The van der Waals surface area contributed by atoms with Gasteiger partial charge in [0.1, 0.15) is 11.6 Å². The van der Waals surface area contributed by atoms with Gasteiger partial charge < -0.3 is 9.47 Å². The number of methoxy groups -OCH3 is 1. The van der Waals surface area contributed by atoms with E-state index >= 15 is 0 Å². The largest absolute Gasteiger partial charge is 0.475 e. The molecule has 0 N–H and O–H groups in total. The molecule has 0 spiro atoms. The van der Waals surface area contributed by atoms with Crippen molar-refractivity contribution in [1.82, 2.24) is 0 Å². The molecule has 0 amide bonds. The van der Waals surface area contributed by atoms with Gasteiger partial charge in [0, 0.05) is 16.1 Å². The fourth-order valence-electron chi connectivity index (χ4n) is 2.78. The van der Waals surface area contributed by atoms with Crippen LogP contribution in [0.25, 0.3) is 17.2 Å². The van der Waals surface area contributed by atoms with Crippen LogP contribution >= 0.6 is 11.6 Å². The average molecular weight is 401 g/mol. The lowest BCUT2D eigenvalue weighted by molar-refractivity contribution is -0.187. The molecule has 0 aromatic heterocycles. The minimum Gasteiger partial charge on any atom is -0.475 e. The summed E-state index contributed by atoms with van der Waals surface area (Å²) in [4.78, 5) is 11.8. The van der Waals surface area contributed by atoms with Gasteiger partial charge in [-0.3, -0.25) is 0 Å². The Morgan fingerprint density at radius 1 is 1.22 bits per heavy atom. The van der Waals surface area contributed by atoms with Crippen molar-refractivity contribution in [2.75, 3.05) is 7.11 Å². The molecule has 0 fully saturated rings. The van der Waals surface area contributed by atoms with Crippen LogP contribution in [0.5, 0.6) is 5.75 Å². The van der Waals surface area contributed by atoms with Crippen LogP contribution in [0.1, 0.15) is 11.1 Å². The van der Waals surface area contributed by atoms with Crippen LogP contribution in [-0.2, 0) is 9.53 Å². The molecule has 1 unspecified atom stereocenters. The third-order valence-electron chi connectivity index (χ3n) is 4.11. The summed E-state index contributed by atoms with van der Waals surface area (Å²) in [7, 11) is 0.977. The first-order valence-corrected chi connectivity index (χ1v) is 8.13. The molecule has 1 heterocycles. The summed E-state index contributed by atoms with van der Waals surface area (Å²) in [5, 5.41) is 0.194. The Bertz CT molecular complexity index is 951. The molecule has 0 saturated heterocycles. The molecule has 2 aromatic carbocycles. The van der Waals surface area contributed by atoms with Crippen molar-refractivity contribution in [3.63, 3.8) is 0 Å². The SMILES string of the molecule is COC(=O)C1=Cc2cc(Cl)cc(-c3ccc(C)c(F)c3)c2OC1C(F)(F)F. The zero-order valence-corrected chi connectivity index (χ0v) is 14.9. The van der Waals surface area contributed by atoms with Gasteiger partial charge in [0.25, 0.3) is 0 Å². The molecule has 27 heavy (non-hydrogen) atoms. The summed E-state index contributed by atoms with van der Waals surface area (Å²) in [5.41, 5.74) is 0.343. The van der Waals surface area contributed by atoms with Crippen LogP contribution in [0.2, 0.25) is 5.02 Å². The number of hydrogen-bond donors (Lipinski definition) is 0. The number of rotatable bonds is 2. The second kappa shape index (κ2) is 6.88. The molecule has 0 bridgehead atoms. The van der Waals surface area contributed by atoms with Crippen LogP contribution in [-0.4, -0.2) is 25.4 Å². The maximum Gasteiger partial charge on any atom is 0.430 e. The Morgan fingerprint density at radius 2 is 1.93 bits per heavy atom. The summed E-state index contributed by atoms with van der Waals surface area (Å²) in [5.74, 6) is -1.82. The maximum atomic E-state index is 14.0. The van der Waals surface area contributed by atoms with Crippen molar-refractivity contribution in [2.45, 2.75) is 19.2 Å². The Balaban J connectivity index is 2.23. The lowest BCUT2D eigenvalue weighted by Gasteiger charge is -2.29. The van der Waals surface area contributed by atoms with Crippen LogP contribution < -0.4 is 4.74 Å². The molecular weight excluding hydrogens is 388 g/mol. The Morgan fingerprint density at radius 3 is 2.52 bits per heavy atom. The van der Waals surface area contributed by atoms with E-state index in [4.69, 9.17) is 16.3 Å². The number of hydrogen-bond acceptors (Lipinski definition) is 3. The van der Waals surface area contributed by atoms with E-state index in [-0.39, 0.29) is 21.9 Å². The summed E-state index contributed by atoms with van der Waals surface area (Å²) in [6.45, 7) is 1.56. The third-order valence-corrected chi connectivity index (χ3v) is 4.33. The van der Waals surface area contributed by atoms with Crippen molar-refractivity contribution in [3.05, 3.63) is 57.9 Å². The number of alkyl halides is 3. The molecule has 142 valence electrons. The minimum absolute atomic E-state index is 0.141. The zero-order chi connectivity index (χ0) is 19.9. The zero-order valence-electron chi connectivity index (χ0n) is 14.2. The van der Waals surface area contributed by atoms with Gasteiger partial charge in [-0.25, -0.2) is 9.18 Å². The number of carbonyl (C=O) groups excluding carboxylic acids is 1. The Kier molecular flexibility index (Phi) is 4.90. The van der Waals surface area contributed by atoms with E-state index in [9.17, 15) is 22.4 Å². The topological polar surface area (TPSA) is 35.5 Å². The molecule has 8 heteroatoms. The van der Waals surface area contributed by atoms with Gasteiger partial charge in [0.2, 0.25) is 6.10 Å². The predicted molar refractivity (Wildman–Crippen MR) is 92.0 cm³/mol. The smallest absolute Gasteiger partial charge is 0.430 e. The highest BCUT2D eigenvalue weighted by Crippen LogP contribution is 2.44. The first kappa shape index (κ1) is 19.2. The van der Waals surface area contributed by atoms with Crippen molar-refractivity contribution in [2.24, 2.45) is 0 Å². The van der Waals surface area contributed by atoms with E-state index in [1.165, 1.54) is 24.3 Å². The summed E-state index contributed by atoms with van der Waals surface area (Å²) >= 11 is 6.07. The molecule has 3 nitrogen and oxygen atoms in total. The molecule has 0 aliphatic carbocycles. The number of halogens is 5. The molecule has 1 aliphatic heterocycles. The minimum atomic E-state index is -4.85. The van der Waals surface area contributed by atoms with E-state index < -0.39 is 29.6 Å². The molecular formula is C19H13ClF4O3. The standard InChI is InChI=1S/C19H13ClF4O3/c1-9-3-4-10(7-15(9)21)13-8-12(20)5-11-6-14(18(25)26-2)17(19(22,23)24)27-16(11)13/h3-8,17H,1-2H3. The highest BCUT2D eigenvalue weighted by Gasteiger charge is 2.49. The number of carbonyl (C=O) groups is 1. The van der Waals surface area contributed by atoms with Gasteiger partial charge >= 0.3 is 12.1 Å². The van der Waals surface area contributed by atoms with Crippen LogP contribution in [0.3, 0.4) is 0 Å². The van der Waals surface area contributed by atoms with Gasteiger partial charge in [-0.1, -0.05) is 23.7 Å². The van der Waals surface area contributed by atoms with Gasteiger partial charge in [-0.15, -0.1) is 0 Å². The molecule has 1 atom stereocenters. The van der Waals surface area contributed by atoms with Crippen molar-refractivity contribution in [3.8, 4) is 16.9 Å². The molecule has 3 rings (SSSR count). The number of fused-ring (bicyclic) bond motifs is 1. The van der Waals surface area contributed by atoms with Crippen molar-refractivity contribution >= 4 is 23.6 Å². The highest BCUT2D eigenvalue weighted by atomic mass is 35.5. The normalized spacial score (nSPS) is 16.3. The van der Waals surface area contributed by atoms with Crippen LogP contribution in [0.4, 0.5) is 17.6 Å². The third kappa shape index (κ3) is 3.64. The fraction of sp³-hybridized carbons (Fsp3) is 0.211. The fourth-order valence-corrected chi connectivity index (χ4v) is 3.01. The predicted octanol–water partition coefficient (Wildman–Crippen LogP) is 5.33. The van der Waals surface area contributed by atoms with E-state index in [0.717, 1.165) is 13.2 Å². The number of benzene rings is 2.